The van der Waals surface area contributed by atoms with Crippen LogP contribution in [0.15, 0.2) is 30.3 Å². The van der Waals surface area contributed by atoms with Crippen LogP contribution in [0.1, 0.15) is 5.56 Å². The van der Waals surface area contributed by atoms with Crippen molar-refractivity contribution in [2.45, 2.75) is 6.16 Å². The first-order valence-electron chi connectivity index (χ1n) is 3.30. The van der Waals surface area contributed by atoms with Gasteiger partial charge in [0.25, 0.3) is 0 Å². The predicted molar refractivity (Wildman–Crippen MR) is 46.9 cm³/mol. The van der Waals surface area contributed by atoms with Crippen molar-refractivity contribution in [3.8, 4) is 0 Å². The average Bonchev–Trinajstić information content (AvgIpc) is 2.06. The van der Waals surface area contributed by atoms with E-state index in [0.717, 1.165) is 5.56 Å². The van der Waals surface area contributed by atoms with Gasteiger partial charge in [-0.2, -0.15) is 4.08 Å². The zero-order chi connectivity index (χ0) is 9.03. The molecular formula is C7H8ClO3P. The summed E-state index contributed by atoms with van der Waals surface area (Å²) in [6, 6.07) is 8.86. The Kier molecular flexibility index (Phi) is 3.29. The molecule has 1 N–H and O–H groups in total. The van der Waals surface area contributed by atoms with Gasteiger partial charge in [0.15, 0.2) is 0 Å². The van der Waals surface area contributed by atoms with Crippen LogP contribution in [0.2, 0.25) is 0 Å². The van der Waals surface area contributed by atoms with Crippen molar-refractivity contribution >= 4 is 19.5 Å². The van der Waals surface area contributed by atoms with Crippen LogP contribution in [-0.4, -0.2) is 4.89 Å². The maximum atomic E-state index is 11.0. The highest BCUT2D eigenvalue weighted by Crippen LogP contribution is 2.46. The number of hydrogen-bond acceptors (Lipinski definition) is 2. The first-order chi connectivity index (χ1) is 5.64. The fraction of sp³-hybridized carbons (Fsp3) is 0.143. The van der Waals surface area contributed by atoms with Crippen LogP contribution in [0, 0.1) is 0 Å². The lowest BCUT2D eigenvalue weighted by atomic mass is 10.2. The first kappa shape index (κ1) is 9.75. The van der Waals surface area contributed by atoms with E-state index < -0.39 is 7.60 Å². The summed E-state index contributed by atoms with van der Waals surface area (Å²) in [6.07, 6.45) is -0.0582. The highest BCUT2D eigenvalue weighted by molar-refractivity contribution is 7.52. The van der Waals surface area contributed by atoms with E-state index in [-0.39, 0.29) is 6.16 Å². The Morgan fingerprint density at radius 2 is 2.00 bits per heavy atom. The fourth-order valence-corrected chi connectivity index (χ4v) is 1.71. The van der Waals surface area contributed by atoms with Crippen molar-refractivity contribution in [1.82, 2.24) is 0 Å². The smallest absolute Gasteiger partial charge is 0.323 e. The molecule has 0 radical (unpaired) electrons. The third-order valence-electron chi connectivity index (χ3n) is 1.33. The van der Waals surface area contributed by atoms with Gasteiger partial charge in [-0.1, -0.05) is 30.3 Å². The van der Waals surface area contributed by atoms with Gasteiger partial charge < -0.3 is 4.89 Å². The van der Waals surface area contributed by atoms with E-state index in [1.807, 2.05) is 6.07 Å². The molecule has 12 heavy (non-hydrogen) atoms. The lowest BCUT2D eigenvalue weighted by Gasteiger charge is -2.05. The molecule has 0 aliphatic rings. The molecule has 0 aliphatic carbocycles. The van der Waals surface area contributed by atoms with E-state index >= 15 is 0 Å². The Balaban J connectivity index is 2.71. The van der Waals surface area contributed by atoms with E-state index in [9.17, 15) is 4.57 Å². The molecule has 1 unspecified atom stereocenters. The van der Waals surface area contributed by atoms with Crippen molar-refractivity contribution in [3.63, 3.8) is 0 Å². The normalized spacial score (nSPS) is 15.5. The molecule has 0 heterocycles. The Morgan fingerprint density at radius 3 is 2.50 bits per heavy atom. The Morgan fingerprint density at radius 1 is 1.42 bits per heavy atom. The molecule has 0 spiro atoms. The van der Waals surface area contributed by atoms with Gasteiger partial charge in [0.05, 0.1) is 18.0 Å². The van der Waals surface area contributed by atoms with E-state index in [4.69, 9.17) is 16.8 Å². The molecule has 1 aromatic carbocycles. The minimum atomic E-state index is -3.63. The molecule has 1 atom stereocenters. The van der Waals surface area contributed by atoms with Crippen molar-refractivity contribution in [2.75, 3.05) is 0 Å². The standard InChI is InChI=1S/C7H8ClO3P/c8-11-12(9,10)6-7-4-2-1-3-5-7/h1-5H,6H2,(H,9,10). The second-order valence-electron chi connectivity index (χ2n) is 2.35. The molecule has 0 aromatic heterocycles. The maximum Gasteiger partial charge on any atom is 0.348 e. The van der Waals surface area contributed by atoms with Crippen molar-refractivity contribution in [2.24, 2.45) is 0 Å². The van der Waals surface area contributed by atoms with Crippen LogP contribution in [0.5, 0.6) is 0 Å². The van der Waals surface area contributed by atoms with Gasteiger partial charge in [0.2, 0.25) is 0 Å². The van der Waals surface area contributed by atoms with Gasteiger partial charge in [0.1, 0.15) is 0 Å². The largest absolute Gasteiger partial charge is 0.348 e. The van der Waals surface area contributed by atoms with Crippen LogP contribution < -0.4 is 0 Å². The Bertz CT molecular complexity index is 288. The molecule has 1 rings (SSSR count). The van der Waals surface area contributed by atoms with Crippen molar-refractivity contribution < 1.29 is 13.5 Å². The second kappa shape index (κ2) is 4.06. The molecule has 0 saturated heterocycles. The molecule has 66 valence electrons. The summed E-state index contributed by atoms with van der Waals surface area (Å²) in [4.78, 5) is 8.98. The number of benzene rings is 1. The van der Waals surface area contributed by atoms with Crippen LogP contribution in [-0.2, 0) is 14.8 Å². The Hall–Kier alpha value is -0.340. The Labute approximate surface area is 75.6 Å². The molecule has 5 heteroatoms. The van der Waals surface area contributed by atoms with Crippen LogP contribution in [0.4, 0.5) is 0 Å². The minimum absolute atomic E-state index is 0.0582. The monoisotopic (exact) mass is 206 g/mol. The van der Waals surface area contributed by atoms with Crippen LogP contribution >= 0.6 is 19.5 Å². The average molecular weight is 207 g/mol. The van der Waals surface area contributed by atoms with Gasteiger partial charge in [-0.25, -0.2) is 0 Å². The van der Waals surface area contributed by atoms with Gasteiger partial charge in [-0.15, -0.1) is 0 Å². The summed E-state index contributed by atoms with van der Waals surface area (Å²) in [7, 11) is -3.63. The van der Waals surface area contributed by atoms with Gasteiger partial charge >= 0.3 is 7.60 Å². The summed E-state index contributed by atoms with van der Waals surface area (Å²) in [5, 5.41) is 0. The molecule has 3 nitrogen and oxygen atoms in total. The van der Waals surface area contributed by atoms with Crippen LogP contribution in [0.3, 0.4) is 0 Å². The molecule has 1 aromatic rings. The molecule has 0 amide bonds. The highest BCUT2D eigenvalue weighted by atomic mass is 35.5. The molecule has 0 fully saturated rings. The molecule has 0 bridgehead atoms. The highest BCUT2D eigenvalue weighted by Gasteiger charge is 2.18. The summed E-state index contributed by atoms with van der Waals surface area (Å²) in [5.41, 5.74) is 0.726. The van der Waals surface area contributed by atoms with Gasteiger partial charge in [-0.05, 0) is 5.56 Å². The molecule has 0 aliphatic heterocycles. The maximum absolute atomic E-state index is 11.0. The first-order valence-corrected chi connectivity index (χ1v) is 5.37. The second-order valence-corrected chi connectivity index (χ2v) is 4.49. The summed E-state index contributed by atoms with van der Waals surface area (Å²) < 4.78 is 14.9. The third kappa shape index (κ3) is 2.95. The molecular weight excluding hydrogens is 199 g/mol. The SMILES string of the molecule is O=P(O)(Cc1ccccc1)OCl. The quantitative estimate of drug-likeness (QED) is 0.773. The fourth-order valence-electron chi connectivity index (χ4n) is 0.839. The van der Waals surface area contributed by atoms with Gasteiger partial charge in [0, 0.05) is 0 Å². The topological polar surface area (TPSA) is 46.5 Å². The van der Waals surface area contributed by atoms with E-state index in [2.05, 4.69) is 4.08 Å². The molecule has 0 saturated carbocycles. The lowest BCUT2D eigenvalue weighted by Crippen LogP contribution is -1.86. The lowest BCUT2D eigenvalue weighted by molar-refractivity contribution is 0.392. The number of hydrogen-bond donors (Lipinski definition) is 1. The van der Waals surface area contributed by atoms with E-state index in [0.29, 0.717) is 0 Å². The van der Waals surface area contributed by atoms with E-state index in [1.165, 1.54) is 0 Å². The minimum Gasteiger partial charge on any atom is -0.323 e. The zero-order valence-electron chi connectivity index (χ0n) is 6.18. The predicted octanol–water partition coefficient (Wildman–Crippen LogP) is 2.54. The van der Waals surface area contributed by atoms with Crippen molar-refractivity contribution in [1.29, 1.82) is 0 Å². The van der Waals surface area contributed by atoms with E-state index in [1.54, 1.807) is 24.3 Å². The van der Waals surface area contributed by atoms with Crippen molar-refractivity contribution in [3.05, 3.63) is 35.9 Å². The van der Waals surface area contributed by atoms with Crippen LogP contribution in [0.25, 0.3) is 0 Å². The number of halogens is 1. The third-order valence-corrected chi connectivity index (χ3v) is 2.96. The summed E-state index contributed by atoms with van der Waals surface area (Å²) in [6.45, 7) is 0. The zero-order valence-corrected chi connectivity index (χ0v) is 7.83. The summed E-state index contributed by atoms with van der Waals surface area (Å²) in [5.74, 6) is 0. The summed E-state index contributed by atoms with van der Waals surface area (Å²) >= 11 is 4.83. The number of rotatable bonds is 3. The van der Waals surface area contributed by atoms with Gasteiger partial charge in [-0.3, -0.25) is 4.57 Å².